The highest BCUT2D eigenvalue weighted by molar-refractivity contribution is 9.10. The number of nitrogens with two attached hydrogens (primary N) is 2. The quantitative estimate of drug-likeness (QED) is 0.714. The molecule has 0 aromatic carbocycles. The smallest absolute Gasteiger partial charge is 0.231 e. The molecule has 2 atom stereocenters. The number of carbonyl (C=O) groups excluding carboxylic acids is 2. The van der Waals surface area contributed by atoms with Gasteiger partial charge in [0.2, 0.25) is 11.8 Å². The van der Waals surface area contributed by atoms with Crippen molar-refractivity contribution in [2.45, 2.75) is 22.5 Å². The zero-order valence-electron chi connectivity index (χ0n) is 6.30. The summed E-state index contributed by atoms with van der Waals surface area (Å²) in [7, 11) is 0. The van der Waals surface area contributed by atoms with E-state index in [0.29, 0.717) is 12.8 Å². The molecule has 70 valence electrons. The molecule has 0 spiro atoms. The molecule has 0 unspecified atom stereocenters. The van der Waals surface area contributed by atoms with Gasteiger partial charge in [0.1, 0.15) is 0 Å². The summed E-state index contributed by atoms with van der Waals surface area (Å²) in [6.07, 6.45) is 0.988. The number of alkyl halides is 2. The molecule has 12 heavy (non-hydrogen) atoms. The van der Waals surface area contributed by atoms with Crippen LogP contribution in [0.2, 0.25) is 0 Å². The van der Waals surface area contributed by atoms with E-state index in [1.54, 1.807) is 0 Å². The Kier molecular flexibility index (Phi) is 5.48. The summed E-state index contributed by atoms with van der Waals surface area (Å²) in [6.45, 7) is 0. The Balaban J connectivity index is 3.68. The zero-order valence-corrected chi connectivity index (χ0v) is 9.47. The standard InChI is InChI=1S/C6H10Br2N2O2/c7-3(5(9)11)1-2-4(8)6(10)12/h3-4H,1-2H2,(H2,9,11)(H2,10,12)/t3-,4+. The van der Waals surface area contributed by atoms with E-state index >= 15 is 0 Å². The van der Waals surface area contributed by atoms with Crippen molar-refractivity contribution < 1.29 is 9.59 Å². The molecule has 4 nitrogen and oxygen atoms in total. The fourth-order valence-corrected chi connectivity index (χ4v) is 1.11. The second kappa shape index (κ2) is 5.53. The van der Waals surface area contributed by atoms with Gasteiger partial charge in [-0.3, -0.25) is 9.59 Å². The molecule has 2 amide bonds. The van der Waals surface area contributed by atoms with Gasteiger partial charge < -0.3 is 11.5 Å². The van der Waals surface area contributed by atoms with E-state index in [9.17, 15) is 9.59 Å². The molecule has 0 aromatic rings. The summed E-state index contributed by atoms with van der Waals surface area (Å²) in [6, 6.07) is 0. The third kappa shape index (κ3) is 4.71. The molecule has 0 aromatic heterocycles. The number of hydrogen-bond donors (Lipinski definition) is 2. The maximum atomic E-state index is 10.5. The third-order valence-corrected chi connectivity index (χ3v) is 3.11. The van der Waals surface area contributed by atoms with Crippen molar-refractivity contribution in [3.63, 3.8) is 0 Å². The molecule has 0 fully saturated rings. The Morgan fingerprint density at radius 2 is 1.25 bits per heavy atom. The zero-order chi connectivity index (χ0) is 9.72. The van der Waals surface area contributed by atoms with Gasteiger partial charge in [-0.25, -0.2) is 0 Å². The van der Waals surface area contributed by atoms with Gasteiger partial charge in [0.05, 0.1) is 9.65 Å². The Morgan fingerprint density at radius 1 is 1.00 bits per heavy atom. The Hall–Kier alpha value is -0.100. The molecule has 0 aliphatic carbocycles. The van der Waals surface area contributed by atoms with Crippen molar-refractivity contribution in [1.29, 1.82) is 0 Å². The summed E-state index contributed by atoms with van der Waals surface area (Å²) in [5.74, 6) is -0.863. The lowest BCUT2D eigenvalue weighted by Crippen LogP contribution is -2.27. The fraction of sp³-hybridized carbons (Fsp3) is 0.667. The van der Waals surface area contributed by atoms with Crippen molar-refractivity contribution in [3.05, 3.63) is 0 Å². The molecule has 0 saturated heterocycles. The molecular formula is C6H10Br2N2O2. The van der Waals surface area contributed by atoms with Crippen LogP contribution in [0.4, 0.5) is 0 Å². The van der Waals surface area contributed by atoms with Crippen LogP contribution in [0, 0.1) is 0 Å². The number of carbonyl (C=O) groups is 2. The lowest BCUT2D eigenvalue weighted by molar-refractivity contribution is -0.119. The minimum atomic E-state index is -0.431. The van der Waals surface area contributed by atoms with E-state index in [2.05, 4.69) is 31.9 Å². The first-order valence-electron chi connectivity index (χ1n) is 3.32. The maximum Gasteiger partial charge on any atom is 0.231 e. The van der Waals surface area contributed by atoms with Crippen molar-refractivity contribution in [2.75, 3.05) is 0 Å². The first kappa shape index (κ1) is 11.9. The van der Waals surface area contributed by atoms with E-state index in [0.717, 1.165) is 0 Å². The maximum absolute atomic E-state index is 10.5. The average Bonchev–Trinajstić information content (AvgIpc) is 1.98. The van der Waals surface area contributed by atoms with Gasteiger partial charge >= 0.3 is 0 Å². The Morgan fingerprint density at radius 3 is 1.42 bits per heavy atom. The molecule has 0 saturated carbocycles. The van der Waals surface area contributed by atoms with Gasteiger partial charge in [0, 0.05) is 0 Å². The normalized spacial score (nSPS) is 15.2. The van der Waals surface area contributed by atoms with Crippen molar-refractivity contribution in [1.82, 2.24) is 0 Å². The van der Waals surface area contributed by atoms with Gasteiger partial charge in [-0.05, 0) is 12.8 Å². The van der Waals surface area contributed by atoms with Gasteiger partial charge in [-0.15, -0.1) is 0 Å². The second-order valence-electron chi connectivity index (χ2n) is 2.32. The third-order valence-electron chi connectivity index (χ3n) is 1.29. The van der Waals surface area contributed by atoms with Crippen LogP contribution >= 0.6 is 31.9 Å². The Bertz CT molecular complexity index is 166. The highest BCUT2D eigenvalue weighted by Crippen LogP contribution is 2.13. The highest BCUT2D eigenvalue weighted by Gasteiger charge is 2.16. The molecule has 0 aliphatic rings. The molecular weight excluding hydrogens is 292 g/mol. The van der Waals surface area contributed by atoms with Crippen LogP contribution in [-0.4, -0.2) is 21.5 Å². The van der Waals surface area contributed by atoms with Crippen LogP contribution in [0.15, 0.2) is 0 Å². The lowest BCUT2D eigenvalue weighted by Gasteiger charge is -2.07. The van der Waals surface area contributed by atoms with Gasteiger partial charge in [0.25, 0.3) is 0 Å². The van der Waals surface area contributed by atoms with Crippen LogP contribution in [0.3, 0.4) is 0 Å². The summed E-state index contributed by atoms with van der Waals surface area (Å²) in [4.78, 5) is 20.3. The predicted octanol–water partition coefficient (Wildman–Crippen LogP) is 0.264. The number of amides is 2. The molecule has 0 bridgehead atoms. The largest absolute Gasteiger partial charge is 0.369 e. The van der Waals surface area contributed by atoms with Crippen LogP contribution in [-0.2, 0) is 9.59 Å². The molecule has 4 N–H and O–H groups in total. The van der Waals surface area contributed by atoms with Crippen molar-refractivity contribution in [2.24, 2.45) is 11.5 Å². The van der Waals surface area contributed by atoms with E-state index in [-0.39, 0.29) is 0 Å². The van der Waals surface area contributed by atoms with E-state index in [1.165, 1.54) is 0 Å². The lowest BCUT2D eigenvalue weighted by atomic mass is 10.2. The number of halogens is 2. The Labute approximate surface area is 87.3 Å². The summed E-state index contributed by atoms with van der Waals surface area (Å²) >= 11 is 6.14. The van der Waals surface area contributed by atoms with E-state index < -0.39 is 21.5 Å². The van der Waals surface area contributed by atoms with E-state index in [1.807, 2.05) is 0 Å². The minimum absolute atomic E-state index is 0.392. The topological polar surface area (TPSA) is 86.2 Å². The van der Waals surface area contributed by atoms with Crippen LogP contribution in [0.25, 0.3) is 0 Å². The van der Waals surface area contributed by atoms with Crippen LogP contribution in [0.5, 0.6) is 0 Å². The first-order chi connectivity index (χ1) is 5.45. The summed E-state index contributed by atoms with van der Waals surface area (Å²) < 4.78 is 0. The molecule has 0 rings (SSSR count). The summed E-state index contributed by atoms with van der Waals surface area (Å²) in [5.41, 5.74) is 9.96. The highest BCUT2D eigenvalue weighted by atomic mass is 79.9. The number of hydrogen-bond acceptors (Lipinski definition) is 2. The number of rotatable bonds is 5. The van der Waals surface area contributed by atoms with Gasteiger partial charge in [-0.1, -0.05) is 31.9 Å². The molecule has 0 radical (unpaired) electrons. The van der Waals surface area contributed by atoms with Gasteiger partial charge in [0.15, 0.2) is 0 Å². The van der Waals surface area contributed by atoms with Gasteiger partial charge in [-0.2, -0.15) is 0 Å². The van der Waals surface area contributed by atoms with Crippen LogP contribution in [0.1, 0.15) is 12.8 Å². The molecule has 6 heteroatoms. The second-order valence-corrected chi connectivity index (χ2v) is 4.53. The van der Waals surface area contributed by atoms with Crippen molar-refractivity contribution in [3.8, 4) is 0 Å². The van der Waals surface area contributed by atoms with E-state index in [4.69, 9.17) is 11.5 Å². The SMILES string of the molecule is NC(=O)[C@H](Br)CC[C@H](Br)C(N)=O. The molecule has 0 aliphatic heterocycles. The minimum Gasteiger partial charge on any atom is -0.369 e. The van der Waals surface area contributed by atoms with Crippen LogP contribution < -0.4 is 11.5 Å². The monoisotopic (exact) mass is 300 g/mol. The molecule has 0 heterocycles. The number of primary amides is 2. The average molecular weight is 302 g/mol. The summed E-state index contributed by atoms with van der Waals surface area (Å²) in [5, 5.41) is 0. The fourth-order valence-electron chi connectivity index (χ4n) is 0.577. The predicted molar refractivity (Wildman–Crippen MR) is 53.1 cm³/mol. The first-order valence-corrected chi connectivity index (χ1v) is 5.15. The van der Waals surface area contributed by atoms with Crippen molar-refractivity contribution >= 4 is 43.7 Å².